The van der Waals surface area contributed by atoms with Crippen molar-refractivity contribution in [2.24, 2.45) is 0 Å². The predicted octanol–water partition coefficient (Wildman–Crippen LogP) is 5.16. The van der Waals surface area contributed by atoms with Gasteiger partial charge in [-0.15, -0.1) is 0 Å². The van der Waals surface area contributed by atoms with Crippen LogP contribution in [-0.4, -0.2) is 125 Å². The first kappa shape index (κ1) is 39.2. The van der Waals surface area contributed by atoms with E-state index >= 15 is 0 Å². The van der Waals surface area contributed by atoms with Gasteiger partial charge in [0.05, 0.1) is 0 Å². The third-order valence-electron chi connectivity index (χ3n) is 7.75. The van der Waals surface area contributed by atoms with Gasteiger partial charge in [0.2, 0.25) is 0 Å². The standard InChI is InChI=1S/C39H44ClN5Te4/c1-29-5-13-33(14-6-29)46-25-21-44(22-26-47-34-15-7-30(2)8-16-34)38-41-37(40)42-39(43-38)45(23-27-48-35-17-9-31(3)10-18-35)24-28-49-36-19-11-32(4)12-20-36/h5-20H,21-28H2,1-4H3. The molecular formula is C39H44ClN5Te4. The number of nitrogens with zero attached hydrogens (tertiary/aromatic N) is 5. The Morgan fingerprint density at radius 3 is 0.898 bits per heavy atom. The number of aryl methyl sites for hydroxylation is 4. The molecule has 0 saturated heterocycles. The van der Waals surface area contributed by atoms with Gasteiger partial charge in [-0.25, -0.2) is 0 Å². The van der Waals surface area contributed by atoms with Crippen molar-refractivity contribution in [2.75, 3.05) is 36.0 Å². The van der Waals surface area contributed by atoms with Gasteiger partial charge in [-0.2, -0.15) is 0 Å². The summed E-state index contributed by atoms with van der Waals surface area (Å²) in [4.78, 5) is 19.5. The van der Waals surface area contributed by atoms with Crippen molar-refractivity contribution >= 4 is 122 Å². The fraction of sp³-hybridized carbons (Fsp3) is 0.308. The van der Waals surface area contributed by atoms with E-state index in [-0.39, 0.29) is 83.7 Å². The monoisotopic (exact) mass is 1140 g/mol. The molecule has 0 bridgehead atoms. The van der Waals surface area contributed by atoms with Crippen molar-refractivity contribution in [3.05, 3.63) is 125 Å². The van der Waals surface area contributed by atoms with E-state index in [9.17, 15) is 0 Å². The predicted molar refractivity (Wildman–Crippen MR) is 215 cm³/mol. The average molecular weight is 1130 g/mol. The molecule has 0 N–H and O–H groups in total. The number of rotatable bonds is 18. The summed E-state index contributed by atoms with van der Waals surface area (Å²) in [6.07, 6.45) is 0. The first-order valence-electron chi connectivity index (χ1n) is 16.5. The van der Waals surface area contributed by atoms with Gasteiger partial charge in [0, 0.05) is 0 Å². The molecule has 1 aromatic heterocycles. The maximum atomic E-state index is 6.73. The van der Waals surface area contributed by atoms with Gasteiger partial charge in [-0.05, 0) is 0 Å². The molecule has 10 heteroatoms. The zero-order chi connectivity index (χ0) is 34.4. The zero-order valence-electron chi connectivity index (χ0n) is 28.6. The Hall–Kier alpha value is -1.06. The molecule has 49 heavy (non-hydrogen) atoms. The van der Waals surface area contributed by atoms with Crippen LogP contribution in [-0.2, 0) is 0 Å². The van der Waals surface area contributed by atoms with Gasteiger partial charge in [0.15, 0.2) is 0 Å². The number of hydrogen-bond donors (Lipinski definition) is 0. The molecule has 0 amide bonds. The third-order valence-corrected chi connectivity index (χ3v) is 19.3. The van der Waals surface area contributed by atoms with Crippen LogP contribution >= 0.6 is 11.6 Å². The molecule has 0 saturated carbocycles. The number of halogens is 1. The molecule has 0 spiro atoms. The summed E-state index contributed by atoms with van der Waals surface area (Å²) in [6.45, 7) is 12.4. The Bertz CT molecular complexity index is 1490. The van der Waals surface area contributed by atoms with Gasteiger partial charge in [0.25, 0.3) is 0 Å². The van der Waals surface area contributed by atoms with E-state index in [0.29, 0.717) is 5.28 Å². The molecule has 0 aliphatic rings. The molecular weight excluding hydrogens is 1080 g/mol. The quantitative estimate of drug-likeness (QED) is 0.114. The number of hydrogen-bond acceptors (Lipinski definition) is 5. The van der Waals surface area contributed by atoms with E-state index in [2.05, 4.69) is 135 Å². The molecule has 0 radical (unpaired) electrons. The Morgan fingerprint density at radius 1 is 0.408 bits per heavy atom. The molecule has 5 nitrogen and oxygen atoms in total. The van der Waals surface area contributed by atoms with Crippen LogP contribution in [0, 0.1) is 27.7 Å². The molecule has 1 heterocycles. The Kier molecular flexibility index (Phi) is 16.7. The van der Waals surface area contributed by atoms with E-state index in [4.69, 9.17) is 26.6 Å². The van der Waals surface area contributed by atoms with Crippen LogP contribution in [0.2, 0.25) is 23.2 Å². The van der Waals surface area contributed by atoms with Crippen molar-refractivity contribution in [3.63, 3.8) is 0 Å². The van der Waals surface area contributed by atoms with E-state index < -0.39 is 0 Å². The molecule has 0 unspecified atom stereocenters. The number of benzene rings is 4. The Balaban J connectivity index is 1.32. The van der Waals surface area contributed by atoms with Crippen LogP contribution in [0.1, 0.15) is 22.3 Å². The van der Waals surface area contributed by atoms with Crippen LogP contribution in [0.4, 0.5) is 11.9 Å². The van der Waals surface area contributed by atoms with E-state index in [1.807, 2.05) is 0 Å². The summed E-state index contributed by atoms with van der Waals surface area (Å²) in [5.74, 6) is 1.47. The number of anilines is 2. The number of aromatic nitrogens is 3. The second-order valence-corrected chi connectivity index (χ2v) is 25.5. The summed E-state index contributed by atoms with van der Waals surface area (Å²) in [5, 5.41) is 0.296. The Morgan fingerprint density at radius 2 is 0.653 bits per heavy atom. The molecule has 0 aliphatic carbocycles. The fourth-order valence-corrected chi connectivity index (χ4v) is 15.0. The summed E-state index contributed by atoms with van der Waals surface area (Å²) in [5.41, 5.74) is 5.27. The molecule has 256 valence electrons. The van der Waals surface area contributed by atoms with E-state index in [1.165, 1.54) is 36.7 Å². The van der Waals surface area contributed by atoms with Gasteiger partial charge in [-0.1, -0.05) is 0 Å². The minimum atomic E-state index is -0.313. The van der Waals surface area contributed by atoms with Crippen LogP contribution in [0.25, 0.3) is 0 Å². The summed E-state index contributed by atoms with van der Waals surface area (Å²) < 4.78 is 10.6. The topological polar surface area (TPSA) is 45.2 Å². The molecule has 5 aromatic rings. The second-order valence-electron chi connectivity index (χ2n) is 11.8. The molecule has 5 rings (SSSR count). The van der Waals surface area contributed by atoms with Gasteiger partial charge in [0.1, 0.15) is 0 Å². The van der Waals surface area contributed by atoms with Crippen molar-refractivity contribution in [1.29, 1.82) is 0 Å². The SMILES string of the molecule is Cc1ccc([Te]CCN(CC[Te]c2ccc(C)cc2)c2nc(Cl)nc(N(CC[Te]c3ccc(C)cc3)CC[Te]c3ccc(C)cc3)n2)cc1. The van der Waals surface area contributed by atoms with Crippen molar-refractivity contribution < 1.29 is 0 Å². The molecule has 4 aromatic carbocycles. The first-order chi connectivity index (χ1) is 23.8. The van der Waals surface area contributed by atoms with Crippen molar-refractivity contribution in [1.82, 2.24) is 15.0 Å². The van der Waals surface area contributed by atoms with E-state index in [1.54, 1.807) is 0 Å². The van der Waals surface area contributed by atoms with Crippen LogP contribution in [0.5, 0.6) is 0 Å². The van der Waals surface area contributed by atoms with Gasteiger partial charge >= 0.3 is 343 Å². The van der Waals surface area contributed by atoms with Gasteiger partial charge in [-0.3, -0.25) is 0 Å². The second kappa shape index (κ2) is 20.8. The van der Waals surface area contributed by atoms with Crippen LogP contribution in [0.15, 0.2) is 97.1 Å². The van der Waals surface area contributed by atoms with Crippen LogP contribution in [0.3, 0.4) is 0 Å². The van der Waals surface area contributed by atoms with Crippen molar-refractivity contribution in [2.45, 2.75) is 45.6 Å². The van der Waals surface area contributed by atoms with Crippen LogP contribution < -0.4 is 24.2 Å². The van der Waals surface area contributed by atoms with Gasteiger partial charge < -0.3 is 0 Å². The average Bonchev–Trinajstić information content (AvgIpc) is 3.10. The van der Waals surface area contributed by atoms with E-state index in [0.717, 1.165) is 56.0 Å². The minimum absolute atomic E-state index is 0.296. The summed E-state index contributed by atoms with van der Waals surface area (Å²) in [7, 11) is 0. The maximum absolute atomic E-state index is 6.73. The third kappa shape index (κ3) is 13.8. The molecule has 0 fully saturated rings. The Labute approximate surface area is 338 Å². The molecule has 0 atom stereocenters. The van der Waals surface area contributed by atoms with Crippen molar-refractivity contribution in [3.8, 4) is 0 Å². The fourth-order valence-electron chi connectivity index (χ4n) is 4.87. The zero-order valence-corrected chi connectivity index (χ0v) is 38.7. The first-order valence-corrected chi connectivity index (χ1v) is 28.1. The summed E-state index contributed by atoms with van der Waals surface area (Å²) in [6, 6.07) is 36.3. The molecule has 0 aliphatic heterocycles. The summed E-state index contributed by atoms with van der Waals surface area (Å²) >= 11 is 5.48. The normalized spacial score (nSPS) is 11.1.